The molecule has 1 saturated heterocycles. The lowest BCUT2D eigenvalue weighted by molar-refractivity contribution is -0.306. The Morgan fingerprint density at radius 1 is 1.12 bits per heavy atom. The average molecular weight is 575 g/mol. The number of aliphatic hydroxyl groups is 2. The topological polar surface area (TPSA) is 154 Å². The monoisotopic (exact) mass is 574 g/mol. The number of hydrogen-bond donors (Lipinski definition) is 5. The van der Waals surface area contributed by atoms with E-state index in [0.717, 1.165) is 22.6 Å². The van der Waals surface area contributed by atoms with E-state index < -0.39 is 48.4 Å². The van der Waals surface area contributed by atoms with Crippen LogP contribution in [-0.4, -0.2) is 87.9 Å². The summed E-state index contributed by atoms with van der Waals surface area (Å²) in [5.74, 6) is -2.74. The summed E-state index contributed by atoms with van der Waals surface area (Å²) in [6, 6.07) is 15.8. The number of amides is 2. The number of hydrogen-bond acceptors (Lipinski definition) is 8. The maximum absolute atomic E-state index is 12.7. The first-order valence-electron chi connectivity index (χ1n) is 13.4. The molecule has 3 rings (SSSR count). The van der Waals surface area contributed by atoms with Crippen molar-refractivity contribution in [2.45, 2.75) is 63.3 Å². The third-order valence-corrected chi connectivity index (χ3v) is 7.59. The van der Waals surface area contributed by atoms with Gasteiger partial charge in [0.2, 0.25) is 5.91 Å². The van der Waals surface area contributed by atoms with Crippen molar-refractivity contribution in [3.05, 3.63) is 60.2 Å². The molecule has 2 amide bonds. The fraction of sp³-hybridized carbons (Fsp3) is 0.483. The molecule has 1 aliphatic rings. The number of carbonyl (C=O) groups excluding carboxylic acids is 2. The molecule has 1 fully saturated rings. The SMILES string of the molecule is CCSCCCO[C@]1(C(=O)O)CC(O)[C@@H](NC(C)=O)C([C@H](O)CCNC(=O)c2ccc(-c3ccccc3)cc2)O1. The first kappa shape index (κ1) is 31.6. The highest BCUT2D eigenvalue weighted by molar-refractivity contribution is 7.99. The van der Waals surface area contributed by atoms with Crippen molar-refractivity contribution in [1.29, 1.82) is 0 Å². The highest BCUT2D eigenvalue weighted by atomic mass is 32.2. The zero-order chi connectivity index (χ0) is 29.1. The van der Waals surface area contributed by atoms with E-state index in [1.54, 1.807) is 23.9 Å². The van der Waals surface area contributed by atoms with Crippen LogP contribution in [0.1, 0.15) is 43.5 Å². The molecule has 0 bridgehead atoms. The largest absolute Gasteiger partial charge is 0.477 e. The Kier molecular flexibility index (Phi) is 12.0. The number of aliphatic hydroxyl groups excluding tert-OH is 2. The molecule has 1 aliphatic heterocycles. The standard InChI is InChI=1S/C29H38N2O8S/c1-3-40-17-7-16-38-29(28(36)37)18-24(34)25(31-19(2)32)26(39-29)23(33)14-15-30-27(35)22-12-10-21(11-13-22)20-8-5-4-6-9-20/h4-6,8-13,23-26,33-34H,3,7,14-18H2,1-2H3,(H,30,35)(H,31,32)(H,36,37)/t23-,24?,25-,26?,29-/m1/s1. The minimum Gasteiger partial charge on any atom is -0.477 e. The second kappa shape index (κ2) is 15.2. The van der Waals surface area contributed by atoms with E-state index in [1.807, 2.05) is 49.4 Å². The molecule has 0 aliphatic carbocycles. The molecule has 1 heterocycles. The maximum atomic E-state index is 12.7. The van der Waals surface area contributed by atoms with Gasteiger partial charge in [0.15, 0.2) is 0 Å². The number of carboxylic acid groups (broad SMARTS) is 1. The van der Waals surface area contributed by atoms with Gasteiger partial charge in [-0.25, -0.2) is 4.79 Å². The van der Waals surface area contributed by atoms with Crippen LogP contribution in [0.2, 0.25) is 0 Å². The summed E-state index contributed by atoms with van der Waals surface area (Å²) in [5.41, 5.74) is 2.44. The number of carboxylic acids is 1. The quantitative estimate of drug-likeness (QED) is 0.214. The predicted molar refractivity (Wildman–Crippen MR) is 152 cm³/mol. The van der Waals surface area contributed by atoms with E-state index in [2.05, 4.69) is 10.6 Å². The van der Waals surface area contributed by atoms with Crippen LogP contribution in [0.5, 0.6) is 0 Å². The van der Waals surface area contributed by atoms with Crippen LogP contribution in [0.4, 0.5) is 0 Å². The number of nitrogens with one attached hydrogen (secondary N) is 2. The van der Waals surface area contributed by atoms with Gasteiger partial charge in [0.1, 0.15) is 6.10 Å². The number of ether oxygens (including phenoxy) is 2. The fourth-order valence-electron chi connectivity index (χ4n) is 4.57. The highest BCUT2D eigenvalue weighted by Crippen LogP contribution is 2.33. The molecular weight excluding hydrogens is 536 g/mol. The molecule has 2 unspecified atom stereocenters. The van der Waals surface area contributed by atoms with E-state index >= 15 is 0 Å². The van der Waals surface area contributed by atoms with Crippen LogP contribution in [0.15, 0.2) is 54.6 Å². The lowest BCUT2D eigenvalue weighted by atomic mass is 9.89. The molecule has 5 atom stereocenters. The van der Waals surface area contributed by atoms with E-state index in [-0.39, 0.29) is 25.5 Å². The maximum Gasteiger partial charge on any atom is 0.364 e. The van der Waals surface area contributed by atoms with E-state index in [0.29, 0.717) is 12.0 Å². The van der Waals surface area contributed by atoms with Gasteiger partial charge in [0.25, 0.3) is 11.7 Å². The molecule has 11 heteroatoms. The minimum absolute atomic E-state index is 0.0237. The van der Waals surface area contributed by atoms with Crippen molar-refractivity contribution in [2.75, 3.05) is 24.7 Å². The van der Waals surface area contributed by atoms with Crippen LogP contribution >= 0.6 is 11.8 Å². The van der Waals surface area contributed by atoms with Gasteiger partial charge in [-0.05, 0) is 47.6 Å². The van der Waals surface area contributed by atoms with Crippen molar-refractivity contribution in [3.8, 4) is 11.1 Å². The van der Waals surface area contributed by atoms with Crippen molar-refractivity contribution in [1.82, 2.24) is 10.6 Å². The number of thioether (sulfide) groups is 1. The zero-order valence-electron chi connectivity index (χ0n) is 22.7. The Hall–Kier alpha value is -2.96. The number of carbonyl (C=O) groups is 3. The van der Waals surface area contributed by atoms with Gasteiger partial charge >= 0.3 is 5.97 Å². The highest BCUT2D eigenvalue weighted by Gasteiger charge is 2.54. The van der Waals surface area contributed by atoms with E-state index in [9.17, 15) is 29.7 Å². The van der Waals surface area contributed by atoms with Gasteiger partial charge in [-0.15, -0.1) is 0 Å². The van der Waals surface area contributed by atoms with Gasteiger partial charge in [-0.1, -0.05) is 49.4 Å². The Labute approximate surface area is 238 Å². The number of aliphatic carboxylic acids is 1. The lowest BCUT2D eigenvalue weighted by Crippen LogP contribution is -2.66. The molecule has 2 aromatic rings. The van der Waals surface area contributed by atoms with Crippen molar-refractivity contribution in [2.24, 2.45) is 0 Å². The fourth-order valence-corrected chi connectivity index (χ4v) is 5.18. The number of rotatable bonds is 14. The summed E-state index contributed by atoms with van der Waals surface area (Å²) in [6.45, 7) is 3.39. The van der Waals surface area contributed by atoms with Crippen LogP contribution in [-0.2, 0) is 19.1 Å². The Morgan fingerprint density at radius 2 is 1.80 bits per heavy atom. The minimum atomic E-state index is -2.18. The van der Waals surface area contributed by atoms with Gasteiger partial charge in [-0.3, -0.25) is 9.59 Å². The lowest BCUT2D eigenvalue weighted by Gasteiger charge is -2.46. The van der Waals surface area contributed by atoms with Gasteiger partial charge in [0.05, 0.1) is 24.9 Å². The second-order valence-corrected chi connectivity index (χ2v) is 11.0. The van der Waals surface area contributed by atoms with E-state index in [4.69, 9.17) is 9.47 Å². The Balaban J connectivity index is 1.63. The first-order valence-corrected chi connectivity index (χ1v) is 14.5. The summed E-state index contributed by atoms with van der Waals surface area (Å²) in [5, 5.41) is 37.0. The van der Waals surface area contributed by atoms with Crippen LogP contribution < -0.4 is 10.6 Å². The Morgan fingerprint density at radius 3 is 2.42 bits per heavy atom. The van der Waals surface area contributed by atoms with Crippen molar-refractivity contribution >= 4 is 29.5 Å². The van der Waals surface area contributed by atoms with Gasteiger partial charge < -0.3 is 35.4 Å². The average Bonchev–Trinajstić information content (AvgIpc) is 2.94. The molecule has 2 aromatic carbocycles. The predicted octanol–water partition coefficient (Wildman–Crippen LogP) is 2.43. The molecular formula is C29H38N2O8S. The van der Waals surface area contributed by atoms with Gasteiger partial charge in [-0.2, -0.15) is 11.8 Å². The summed E-state index contributed by atoms with van der Waals surface area (Å²) in [7, 11) is 0. The van der Waals surface area contributed by atoms with Crippen molar-refractivity contribution in [3.63, 3.8) is 0 Å². The van der Waals surface area contributed by atoms with Crippen LogP contribution in [0.25, 0.3) is 11.1 Å². The molecule has 0 aromatic heterocycles. The van der Waals surface area contributed by atoms with E-state index in [1.165, 1.54) is 6.92 Å². The summed E-state index contributed by atoms with van der Waals surface area (Å²) < 4.78 is 11.5. The number of benzene rings is 2. The summed E-state index contributed by atoms with van der Waals surface area (Å²) >= 11 is 1.68. The second-order valence-electron chi connectivity index (χ2n) is 9.59. The summed E-state index contributed by atoms with van der Waals surface area (Å²) in [6.07, 6.45) is -3.84. The molecule has 5 N–H and O–H groups in total. The molecule has 0 radical (unpaired) electrons. The smallest absolute Gasteiger partial charge is 0.364 e. The molecule has 10 nitrogen and oxygen atoms in total. The molecule has 218 valence electrons. The summed E-state index contributed by atoms with van der Waals surface area (Å²) in [4.78, 5) is 36.7. The molecule has 0 saturated carbocycles. The zero-order valence-corrected chi connectivity index (χ0v) is 23.6. The van der Waals surface area contributed by atoms with Crippen LogP contribution in [0.3, 0.4) is 0 Å². The third-order valence-electron chi connectivity index (χ3n) is 6.60. The molecule has 0 spiro atoms. The normalized spacial score (nSPS) is 23.2. The van der Waals surface area contributed by atoms with Gasteiger partial charge in [0, 0.05) is 25.5 Å². The first-order chi connectivity index (χ1) is 19.2. The molecule has 40 heavy (non-hydrogen) atoms. The Bertz CT molecular complexity index is 1120. The van der Waals surface area contributed by atoms with Crippen LogP contribution in [0, 0.1) is 0 Å². The third kappa shape index (κ3) is 8.52. The van der Waals surface area contributed by atoms with Crippen molar-refractivity contribution < 1.29 is 39.2 Å².